The highest BCUT2D eigenvalue weighted by Crippen LogP contribution is 2.26. The molecule has 0 aliphatic heterocycles. The number of amides is 2. The van der Waals surface area contributed by atoms with Gasteiger partial charge in [-0.05, 0) is 42.5 Å². The SMILES string of the molecule is COc1ccc(C(N)=O)cc1NC(=O)c1ccc(OCc2nccn2C)cc1. The number of rotatable bonds is 7. The molecule has 0 saturated heterocycles. The Labute approximate surface area is 161 Å². The van der Waals surface area contributed by atoms with Gasteiger partial charge < -0.3 is 25.1 Å². The summed E-state index contributed by atoms with van der Waals surface area (Å²) in [7, 11) is 3.36. The van der Waals surface area contributed by atoms with E-state index in [-0.39, 0.29) is 11.5 Å². The van der Waals surface area contributed by atoms with Gasteiger partial charge in [-0.15, -0.1) is 0 Å². The maximum absolute atomic E-state index is 12.5. The highest BCUT2D eigenvalue weighted by Gasteiger charge is 2.12. The van der Waals surface area contributed by atoms with Crippen LogP contribution in [0.3, 0.4) is 0 Å². The van der Waals surface area contributed by atoms with Crippen LogP contribution in [-0.2, 0) is 13.7 Å². The van der Waals surface area contributed by atoms with Gasteiger partial charge in [0.25, 0.3) is 5.91 Å². The molecule has 0 spiro atoms. The molecule has 2 amide bonds. The fraction of sp³-hybridized carbons (Fsp3) is 0.150. The molecule has 0 fully saturated rings. The summed E-state index contributed by atoms with van der Waals surface area (Å²) in [6.45, 7) is 0.326. The van der Waals surface area contributed by atoms with Gasteiger partial charge in [-0.25, -0.2) is 4.98 Å². The number of anilines is 1. The summed E-state index contributed by atoms with van der Waals surface area (Å²) in [5.41, 5.74) is 6.35. The first-order valence-electron chi connectivity index (χ1n) is 8.46. The summed E-state index contributed by atoms with van der Waals surface area (Å²) in [4.78, 5) is 28.1. The number of primary amides is 1. The highest BCUT2D eigenvalue weighted by molar-refractivity contribution is 6.06. The van der Waals surface area contributed by atoms with Gasteiger partial charge in [-0.2, -0.15) is 0 Å². The smallest absolute Gasteiger partial charge is 0.255 e. The Morgan fingerprint density at radius 3 is 2.46 bits per heavy atom. The second kappa shape index (κ2) is 8.26. The Kier molecular flexibility index (Phi) is 5.59. The predicted octanol–water partition coefficient (Wildman–Crippen LogP) is 2.36. The molecule has 0 aliphatic rings. The number of benzene rings is 2. The Balaban J connectivity index is 1.69. The van der Waals surface area contributed by atoms with E-state index in [9.17, 15) is 9.59 Å². The number of nitrogens with zero attached hydrogens (tertiary/aromatic N) is 2. The van der Waals surface area contributed by atoms with E-state index in [1.54, 1.807) is 36.5 Å². The number of nitrogens with one attached hydrogen (secondary N) is 1. The molecule has 3 aromatic rings. The molecule has 0 unspecified atom stereocenters. The summed E-state index contributed by atoms with van der Waals surface area (Å²) in [5, 5.41) is 2.73. The summed E-state index contributed by atoms with van der Waals surface area (Å²) < 4.78 is 12.8. The predicted molar refractivity (Wildman–Crippen MR) is 103 cm³/mol. The van der Waals surface area contributed by atoms with Crippen molar-refractivity contribution in [1.29, 1.82) is 0 Å². The van der Waals surface area contributed by atoms with Crippen molar-refractivity contribution in [2.24, 2.45) is 12.8 Å². The van der Waals surface area contributed by atoms with Crippen LogP contribution in [-0.4, -0.2) is 28.5 Å². The van der Waals surface area contributed by atoms with Crippen molar-refractivity contribution in [3.63, 3.8) is 0 Å². The lowest BCUT2D eigenvalue weighted by Gasteiger charge is -2.12. The fourth-order valence-corrected chi connectivity index (χ4v) is 2.54. The molecular weight excluding hydrogens is 360 g/mol. The van der Waals surface area contributed by atoms with Gasteiger partial charge in [-0.1, -0.05) is 0 Å². The molecule has 8 nitrogen and oxygen atoms in total. The number of aromatic nitrogens is 2. The van der Waals surface area contributed by atoms with Crippen molar-refractivity contribution in [3.8, 4) is 11.5 Å². The van der Waals surface area contributed by atoms with Crippen LogP contribution in [0, 0.1) is 0 Å². The van der Waals surface area contributed by atoms with Crippen LogP contribution in [0.1, 0.15) is 26.5 Å². The maximum Gasteiger partial charge on any atom is 0.255 e. The zero-order valence-corrected chi connectivity index (χ0v) is 15.5. The maximum atomic E-state index is 12.5. The zero-order valence-electron chi connectivity index (χ0n) is 15.5. The van der Waals surface area contributed by atoms with Crippen LogP contribution in [0.25, 0.3) is 0 Å². The molecule has 3 N–H and O–H groups in total. The summed E-state index contributed by atoms with van der Waals surface area (Å²) in [6.07, 6.45) is 3.54. The lowest BCUT2D eigenvalue weighted by molar-refractivity contribution is 0.0996. The van der Waals surface area contributed by atoms with E-state index in [0.717, 1.165) is 5.82 Å². The van der Waals surface area contributed by atoms with Crippen LogP contribution in [0.2, 0.25) is 0 Å². The fourth-order valence-electron chi connectivity index (χ4n) is 2.54. The third kappa shape index (κ3) is 4.29. The average Bonchev–Trinajstić information content (AvgIpc) is 3.11. The molecule has 0 aliphatic carbocycles. The lowest BCUT2D eigenvalue weighted by atomic mass is 10.1. The van der Waals surface area contributed by atoms with Crippen molar-refractivity contribution in [1.82, 2.24) is 9.55 Å². The third-order valence-corrected chi connectivity index (χ3v) is 4.14. The normalized spacial score (nSPS) is 10.4. The first-order chi connectivity index (χ1) is 13.5. The molecule has 1 aromatic heterocycles. The second-order valence-electron chi connectivity index (χ2n) is 6.00. The Morgan fingerprint density at radius 1 is 1.14 bits per heavy atom. The number of methoxy groups -OCH3 is 1. The molecule has 1 heterocycles. The largest absolute Gasteiger partial charge is 0.495 e. The number of hydrogen-bond acceptors (Lipinski definition) is 5. The monoisotopic (exact) mass is 380 g/mol. The number of nitrogens with two attached hydrogens (primary N) is 1. The van der Waals surface area contributed by atoms with Crippen molar-refractivity contribution in [3.05, 3.63) is 71.8 Å². The number of ether oxygens (including phenoxy) is 2. The van der Waals surface area contributed by atoms with E-state index in [2.05, 4.69) is 10.3 Å². The molecule has 144 valence electrons. The Hall–Kier alpha value is -3.81. The van der Waals surface area contributed by atoms with E-state index >= 15 is 0 Å². The second-order valence-corrected chi connectivity index (χ2v) is 6.00. The minimum Gasteiger partial charge on any atom is -0.495 e. The number of carbonyl (C=O) groups excluding carboxylic acids is 2. The molecule has 28 heavy (non-hydrogen) atoms. The Bertz CT molecular complexity index is 996. The van der Waals surface area contributed by atoms with Gasteiger partial charge in [0.15, 0.2) is 0 Å². The number of aryl methyl sites for hydroxylation is 1. The summed E-state index contributed by atoms with van der Waals surface area (Å²) in [6, 6.07) is 11.3. The van der Waals surface area contributed by atoms with Crippen LogP contribution >= 0.6 is 0 Å². The van der Waals surface area contributed by atoms with Crippen molar-refractivity contribution in [2.75, 3.05) is 12.4 Å². The molecule has 0 atom stereocenters. The van der Waals surface area contributed by atoms with E-state index in [1.807, 2.05) is 17.8 Å². The minimum absolute atomic E-state index is 0.272. The third-order valence-electron chi connectivity index (χ3n) is 4.14. The van der Waals surface area contributed by atoms with Crippen LogP contribution in [0.4, 0.5) is 5.69 Å². The molecule has 0 bridgehead atoms. The molecule has 8 heteroatoms. The first-order valence-corrected chi connectivity index (χ1v) is 8.46. The molecule has 0 radical (unpaired) electrons. The summed E-state index contributed by atoms with van der Waals surface area (Å²) >= 11 is 0. The van der Waals surface area contributed by atoms with Crippen molar-refractivity contribution < 1.29 is 19.1 Å². The first kappa shape index (κ1) is 19.0. The van der Waals surface area contributed by atoms with Crippen LogP contribution < -0.4 is 20.5 Å². The van der Waals surface area contributed by atoms with Gasteiger partial charge in [0, 0.05) is 30.6 Å². The quantitative estimate of drug-likeness (QED) is 0.654. The highest BCUT2D eigenvalue weighted by atomic mass is 16.5. The number of hydrogen-bond donors (Lipinski definition) is 2. The van der Waals surface area contributed by atoms with Gasteiger partial charge >= 0.3 is 0 Å². The standard InChI is InChI=1S/C20H20N4O4/c1-24-10-9-22-18(24)12-28-15-6-3-13(4-7-15)20(26)23-16-11-14(19(21)25)5-8-17(16)27-2/h3-11H,12H2,1-2H3,(H2,21,25)(H,23,26). The molecule has 3 rings (SSSR count). The van der Waals surface area contributed by atoms with Gasteiger partial charge in [-0.3, -0.25) is 9.59 Å². The van der Waals surface area contributed by atoms with Crippen molar-refractivity contribution in [2.45, 2.75) is 6.61 Å². The van der Waals surface area contributed by atoms with E-state index in [1.165, 1.54) is 19.2 Å². The molecular formula is C20H20N4O4. The van der Waals surface area contributed by atoms with Gasteiger partial charge in [0.05, 0.1) is 12.8 Å². The molecule has 0 saturated carbocycles. The number of carbonyl (C=O) groups is 2. The average molecular weight is 380 g/mol. The van der Waals surface area contributed by atoms with Gasteiger partial charge in [0.2, 0.25) is 5.91 Å². The molecule has 2 aromatic carbocycles. The van der Waals surface area contributed by atoms with Crippen molar-refractivity contribution >= 4 is 17.5 Å². The number of imidazole rings is 1. The van der Waals surface area contributed by atoms with E-state index in [4.69, 9.17) is 15.2 Å². The summed E-state index contributed by atoms with van der Waals surface area (Å²) in [5.74, 6) is 0.896. The van der Waals surface area contributed by atoms with E-state index in [0.29, 0.717) is 29.4 Å². The lowest BCUT2D eigenvalue weighted by Crippen LogP contribution is -2.15. The van der Waals surface area contributed by atoms with Crippen LogP contribution in [0.5, 0.6) is 11.5 Å². The topological polar surface area (TPSA) is 108 Å². The Morgan fingerprint density at radius 2 is 1.86 bits per heavy atom. The zero-order chi connectivity index (χ0) is 20.1. The minimum atomic E-state index is -0.590. The van der Waals surface area contributed by atoms with Crippen LogP contribution in [0.15, 0.2) is 54.9 Å². The van der Waals surface area contributed by atoms with Gasteiger partial charge in [0.1, 0.15) is 23.9 Å². The van der Waals surface area contributed by atoms with E-state index < -0.39 is 5.91 Å².